The molecule has 0 saturated carbocycles. The van der Waals surface area contributed by atoms with Crippen molar-refractivity contribution in [3.8, 4) is 95.9 Å². The van der Waals surface area contributed by atoms with Crippen molar-refractivity contribution in [1.29, 1.82) is 0 Å². The van der Waals surface area contributed by atoms with E-state index in [9.17, 15) is 28.8 Å². The molecule has 16 nitrogen and oxygen atoms in total. The van der Waals surface area contributed by atoms with Crippen molar-refractivity contribution >= 4 is 117 Å². The summed E-state index contributed by atoms with van der Waals surface area (Å²) in [6.07, 6.45) is 3.55. The minimum Gasteiger partial charge on any atom is -0.496 e. The van der Waals surface area contributed by atoms with Gasteiger partial charge in [-0.2, -0.15) is 0 Å². The number of methoxy groups -OCH3 is 3. The van der Waals surface area contributed by atoms with Crippen LogP contribution in [0.3, 0.4) is 0 Å². The number of aromatic nitrogens is 4. The highest BCUT2D eigenvalue weighted by Crippen LogP contribution is 2.48. The number of carbonyl (C=O) groups is 6. The molecule has 3 aliphatic rings. The minimum atomic E-state index is -0.410. The maximum atomic E-state index is 14.2. The van der Waals surface area contributed by atoms with E-state index in [4.69, 9.17) is 29.2 Å². The molecule has 3 aliphatic heterocycles. The average Bonchev–Trinajstić information content (AvgIpc) is 0.727. The molecular formula is C107H69N7O9. The number of hydrogen-bond acceptors (Lipinski definition) is 13. The summed E-state index contributed by atoms with van der Waals surface area (Å²) in [6.45, 7) is 0. The maximum Gasteiger partial charge on any atom is 0.265 e. The van der Waals surface area contributed by atoms with Gasteiger partial charge in [-0.15, -0.1) is 0 Å². The van der Waals surface area contributed by atoms with Gasteiger partial charge in [-0.3, -0.25) is 33.8 Å². The Morgan fingerprint density at radius 1 is 0.203 bits per heavy atom. The van der Waals surface area contributed by atoms with Crippen molar-refractivity contribution in [3.05, 3.63) is 398 Å². The zero-order chi connectivity index (χ0) is 83.5. The molecule has 17 aromatic carbocycles. The Hall–Kier alpha value is -16.7. The molecule has 0 fully saturated rings. The van der Waals surface area contributed by atoms with E-state index in [-0.39, 0.29) is 23.6 Å². The van der Waals surface area contributed by atoms with Crippen LogP contribution in [0.15, 0.2) is 364 Å². The summed E-state index contributed by atoms with van der Waals surface area (Å²) in [7, 11) is 4.78. The molecule has 0 atom stereocenters. The monoisotopic (exact) mass is 1600 g/mol. The molecule has 586 valence electrons. The van der Waals surface area contributed by atoms with Crippen LogP contribution in [0, 0.1) is 0 Å². The summed E-state index contributed by atoms with van der Waals surface area (Å²) in [6, 6.07) is 112. The number of ether oxygens (including phenoxy) is 3. The van der Waals surface area contributed by atoms with Gasteiger partial charge in [-0.1, -0.05) is 243 Å². The Kier molecular flexibility index (Phi) is 19.1. The van der Waals surface area contributed by atoms with Crippen LogP contribution in [-0.2, 0) is 0 Å². The molecule has 6 amide bonds. The first-order valence-corrected chi connectivity index (χ1v) is 40.0. The lowest BCUT2D eigenvalue weighted by Gasteiger charge is -2.28. The summed E-state index contributed by atoms with van der Waals surface area (Å²) in [5, 5.41) is 9.88. The number of benzene rings is 17. The first kappa shape index (κ1) is 75.1. The van der Waals surface area contributed by atoms with Crippen LogP contribution in [0.1, 0.15) is 62.1 Å². The van der Waals surface area contributed by atoms with Gasteiger partial charge in [-0.25, -0.2) is 29.7 Å². The quantitative estimate of drug-likeness (QED) is 0.0992. The first-order valence-electron chi connectivity index (χ1n) is 40.0. The van der Waals surface area contributed by atoms with Crippen molar-refractivity contribution in [3.63, 3.8) is 0 Å². The van der Waals surface area contributed by atoms with Crippen molar-refractivity contribution < 1.29 is 43.0 Å². The number of anilines is 3. The number of carbonyl (C=O) groups excluding carboxylic acids is 6. The van der Waals surface area contributed by atoms with Crippen molar-refractivity contribution in [2.45, 2.75) is 0 Å². The average molecular weight is 1600 g/mol. The van der Waals surface area contributed by atoms with Crippen LogP contribution in [0.5, 0.6) is 17.2 Å². The number of nitrogens with zero attached hydrogens (tertiary/aromatic N) is 7. The highest BCUT2D eigenvalue weighted by atomic mass is 16.5. The molecule has 0 saturated heterocycles. The lowest BCUT2D eigenvalue weighted by Crippen LogP contribution is -2.40. The second kappa shape index (κ2) is 31.3. The van der Waals surface area contributed by atoms with E-state index in [1.54, 1.807) is 70.1 Å². The summed E-state index contributed by atoms with van der Waals surface area (Å²) in [5.41, 5.74) is 14.7. The van der Waals surface area contributed by atoms with E-state index in [1.807, 2.05) is 279 Å². The summed E-state index contributed by atoms with van der Waals surface area (Å²) in [4.78, 5) is 106. The van der Waals surface area contributed by atoms with Gasteiger partial charge in [0.25, 0.3) is 35.4 Å². The van der Waals surface area contributed by atoms with E-state index >= 15 is 0 Å². The van der Waals surface area contributed by atoms with Gasteiger partial charge in [0, 0.05) is 94.8 Å². The van der Waals surface area contributed by atoms with Crippen molar-refractivity contribution in [2.24, 2.45) is 0 Å². The molecule has 16 heteroatoms. The largest absolute Gasteiger partial charge is 0.496 e. The summed E-state index contributed by atoms with van der Waals surface area (Å²) >= 11 is 0. The van der Waals surface area contributed by atoms with Gasteiger partial charge in [0.05, 0.1) is 38.4 Å². The van der Waals surface area contributed by atoms with Crippen LogP contribution >= 0.6 is 0 Å². The van der Waals surface area contributed by atoms with Gasteiger partial charge in [0.2, 0.25) is 0 Å². The topological polar surface area (TPSA) is 191 Å². The number of hydrogen-bond donors (Lipinski definition) is 0. The Bertz CT molecular complexity index is 7510. The van der Waals surface area contributed by atoms with Crippen LogP contribution < -0.4 is 28.9 Å². The second-order valence-corrected chi connectivity index (χ2v) is 29.9. The standard InChI is InChI=1S/C44H28N4O3.C34H22N2O3.C29H19NO3/c1-51-37-25-24-36-38-35(43(49)48(44(36)50)33-21-20-28-12-8-9-15-32(28)26-33)23-22-34(39(37)38)42-46-40(30-13-6-3-7-14-30)45-41(47-42)31-18-16-29(17-19-31)27-10-4-2-5-11-27;1-39-30-15-14-29-31-28(33(37)36(34(29)38)26-11-10-21-4-2-3-5-25(21)20-26)13-12-27(32(30)31)24-8-6-22(7-9-24)23-16-18-35-19-17-23;1-33-25-16-15-24-26-23(14-13-22(27(25)26)19-8-3-2-4-9-19)28(31)30(29(24)32)21-12-11-18-7-5-6-10-20(18)17-21/h2-26H,1H3;2-20H,1H3;2-17H,1H3. The van der Waals surface area contributed by atoms with Crippen LogP contribution in [0.25, 0.3) is 143 Å². The first-order chi connectivity index (χ1) is 60.4. The van der Waals surface area contributed by atoms with Crippen molar-refractivity contribution in [2.75, 3.05) is 36.0 Å². The number of pyridine rings is 1. The Labute approximate surface area is 705 Å². The normalized spacial score (nSPS) is 12.7. The van der Waals surface area contributed by atoms with E-state index in [2.05, 4.69) is 41.4 Å². The molecule has 0 bridgehead atoms. The van der Waals surface area contributed by atoms with Gasteiger partial charge in [0.1, 0.15) is 17.2 Å². The number of amides is 6. The van der Waals surface area contributed by atoms with Crippen LogP contribution in [0.4, 0.5) is 17.1 Å². The van der Waals surface area contributed by atoms with Gasteiger partial charge >= 0.3 is 0 Å². The number of imide groups is 3. The third-order valence-electron chi connectivity index (χ3n) is 23.1. The highest BCUT2D eigenvalue weighted by Gasteiger charge is 2.40. The zero-order valence-electron chi connectivity index (χ0n) is 66.4. The predicted octanol–water partition coefficient (Wildman–Crippen LogP) is 23.7. The Morgan fingerprint density at radius 2 is 0.455 bits per heavy atom. The molecule has 0 aliphatic carbocycles. The molecule has 2 aromatic heterocycles. The SMILES string of the molecule is COc1ccc2c3c(ccc(-c4ccc(-c5ccncc5)cc4)c13)C(=O)N(c1ccc3ccccc3c1)C2=O.COc1ccc2c3c(ccc(-c4ccccc4)c13)C(=O)N(c1ccc3ccccc3c1)C2=O.COc1ccc2c3c(ccc(-c4nc(-c5ccccc5)nc(-c5ccc(-c6ccccc6)cc5)n4)c13)C(=O)N(c1ccc3ccccc3c1)C2=O. The maximum absolute atomic E-state index is 14.2. The Morgan fingerprint density at radius 3 is 0.821 bits per heavy atom. The third-order valence-corrected chi connectivity index (χ3v) is 23.1. The lowest BCUT2D eigenvalue weighted by molar-refractivity contribution is 0.0877. The minimum absolute atomic E-state index is 0.333. The highest BCUT2D eigenvalue weighted by molar-refractivity contribution is 6.40. The van der Waals surface area contributed by atoms with Crippen LogP contribution in [-0.4, -0.2) is 76.7 Å². The van der Waals surface area contributed by atoms with E-state index in [1.165, 1.54) is 14.7 Å². The molecule has 0 spiro atoms. The van der Waals surface area contributed by atoms with Crippen molar-refractivity contribution in [1.82, 2.24) is 19.9 Å². The second-order valence-electron chi connectivity index (χ2n) is 29.9. The fraction of sp³-hybridized carbons (Fsp3) is 0.0280. The van der Waals surface area contributed by atoms with Crippen LogP contribution in [0.2, 0.25) is 0 Å². The van der Waals surface area contributed by atoms with Gasteiger partial charge < -0.3 is 14.2 Å². The lowest BCUT2D eigenvalue weighted by atomic mass is 9.88. The zero-order valence-corrected chi connectivity index (χ0v) is 66.4. The van der Waals surface area contributed by atoms with Gasteiger partial charge in [-0.05, 0) is 186 Å². The summed E-state index contributed by atoms with van der Waals surface area (Å²) in [5.74, 6) is 0.954. The number of rotatable bonds is 13. The molecule has 19 aromatic rings. The molecule has 0 radical (unpaired) electrons. The molecule has 123 heavy (non-hydrogen) atoms. The molecule has 0 N–H and O–H groups in total. The van der Waals surface area contributed by atoms with E-state index in [0.29, 0.717) is 112 Å². The van der Waals surface area contributed by atoms with E-state index in [0.717, 1.165) is 98.7 Å². The smallest absolute Gasteiger partial charge is 0.265 e. The van der Waals surface area contributed by atoms with Gasteiger partial charge in [0.15, 0.2) is 17.5 Å². The predicted molar refractivity (Wildman–Crippen MR) is 486 cm³/mol. The summed E-state index contributed by atoms with van der Waals surface area (Å²) < 4.78 is 17.3. The Balaban J connectivity index is 0.000000120. The fourth-order valence-corrected chi connectivity index (χ4v) is 17.1. The molecular weight excluding hydrogens is 1530 g/mol. The molecule has 22 rings (SSSR count). The third kappa shape index (κ3) is 13.2. The fourth-order valence-electron chi connectivity index (χ4n) is 17.1. The number of fused-ring (bicyclic) bond motifs is 3. The molecule has 0 unspecified atom stereocenters. The van der Waals surface area contributed by atoms with E-state index < -0.39 is 11.8 Å². The molecule has 5 heterocycles.